The largest absolute Gasteiger partial charge is 0.497 e. The van der Waals surface area contributed by atoms with E-state index in [-0.39, 0.29) is 11.3 Å². The highest BCUT2D eigenvalue weighted by Gasteiger charge is 2.21. The van der Waals surface area contributed by atoms with Gasteiger partial charge in [-0.3, -0.25) is 0 Å². The Labute approximate surface area is 127 Å². The van der Waals surface area contributed by atoms with Crippen LogP contribution in [0.3, 0.4) is 0 Å². The van der Waals surface area contributed by atoms with E-state index in [1.807, 2.05) is 18.2 Å². The summed E-state index contributed by atoms with van der Waals surface area (Å²) >= 11 is 6.10. The summed E-state index contributed by atoms with van der Waals surface area (Å²) in [5, 5.41) is 3.51. The van der Waals surface area contributed by atoms with Crippen molar-refractivity contribution in [2.45, 2.75) is 12.5 Å². The molecule has 2 rings (SSSR count). The molecule has 2 nitrogen and oxygen atoms in total. The Morgan fingerprint density at radius 3 is 2.33 bits per heavy atom. The fourth-order valence-corrected chi connectivity index (χ4v) is 2.46. The first-order valence-electron chi connectivity index (χ1n) is 6.50. The molecule has 0 amide bonds. The number of methoxy groups -OCH3 is 1. The van der Waals surface area contributed by atoms with Crippen molar-refractivity contribution in [2.75, 3.05) is 14.2 Å². The van der Waals surface area contributed by atoms with Gasteiger partial charge in [0.2, 0.25) is 0 Å². The molecule has 21 heavy (non-hydrogen) atoms. The minimum Gasteiger partial charge on any atom is -0.497 e. The normalized spacial score (nSPS) is 12.2. The third-order valence-corrected chi connectivity index (χ3v) is 3.74. The number of benzene rings is 2. The van der Waals surface area contributed by atoms with Gasteiger partial charge in [-0.15, -0.1) is 0 Å². The van der Waals surface area contributed by atoms with Gasteiger partial charge < -0.3 is 10.1 Å². The first-order chi connectivity index (χ1) is 10.1. The van der Waals surface area contributed by atoms with Crippen LogP contribution in [0.1, 0.15) is 17.2 Å². The van der Waals surface area contributed by atoms with E-state index >= 15 is 0 Å². The Bertz CT molecular complexity index is 610. The highest BCUT2D eigenvalue weighted by molar-refractivity contribution is 6.31. The lowest BCUT2D eigenvalue weighted by atomic mass is 9.97. The molecule has 0 aliphatic rings. The van der Waals surface area contributed by atoms with Gasteiger partial charge >= 0.3 is 0 Å². The van der Waals surface area contributed by atoms with Crippen LogP contribution < -0.4 is 10.1 Å². The van der Waals surface area contributed by atoms with Crippen molar-refractivity contribution in [3.8, 4) is 5.75 Å². The topological polar surface area (TPSA) is 21.3 Å². The number of likely N-dealkylation sites (N-methyl/N-ethyl adjacent to an activating group) is 1. The first-order valence-corrected chi connectivity index (χ1v) is 6.88. The quantitative estimate of drug-likeness (QED) is 0.896. The minimum atomic E-state index is -0.641. The van der Waals surface area contributed by atoms with Crippen LogP contribution in [0, 0.1) is 11.6 Å². The maximum atomic E-state index is 14.1. The molecule has 0 aliphatic heterocycles. The number of hydrogen-bond donors (Lipinski definition) is 1. The summed E-state index contributed by atoms with van der Waals surface area (Å²) in [5.41, 5.74) is 0.811. The van der Waals surface area contributed by atoms with Crippen LogP contribution in [0.2, 0.25) is 5.02 Å². The molecular weight excluding hydrogens is 296 g/mol. The number of halogens is 3. The van der Waals surface area contributed by atoms with E-state index in [0.717, 1.165) is 5.56 Å². The molecule has 5 heteroatoms. The zero-order valence-electron chi connectivity index (χ0n) is 11.8. The Morgan fingerprint density at radius 2 is 1.81 bits per heavy atom. The average Bonchev–Trinajstić information content (AvgIpc) is 2.47. The molecule has 0 heterocycles. The first kappa shape index (κ1) is 15.7. The van der Waals surface area contributed by atoms with E-state index in [0.29, 0.717) is 11.4 Å². The summed E-state index contributed by atoms with van der Waals surface area (Å²) in [5.74, 6) is -1.13. The van der Waals surface area contributed by atoms with Crippen molar-refractivity contribution in [3.05, 3.63) is 64.2 Å². The monoisotopic (exact) mass is 311 g/mol. The van der Waals surface area contributed by atoms with E-state index in [9.17, 15) is 8.78 Å². The fraction of sp³-hybridized carbons (Fsp3) is 0.250. The molecule has 0 aliphatic carbocycles. The summed E-state index contributed by atoms with van der Waals surface area (Å²) < 4.78 is 33.2. The SMILES string of the molecule is CNC(Cc1ccccc1Cl)c1c(F)cc(OC)cc1F. The molecule has 112 valence electrons. The molecule has 0 fully saturated rings. The smallest absolute Gasteiger partial charge is 0.134 e. The fourth-order valence-electron chi connectivity index (χ4n) is 2.24. The Morgan fingerprint density at radius 1 is 1.19 bits per heavy atom. The van der Waals surface area contributed by atoms with E-state index in [1.165, 1.54) is 19.2 Å². The van der Waals surface area contributed by atoms with Crippen molar-refractivity contribution in [3.63, 3.8) is 0 Å². The Hall–Kier alpha value is -1.65. The van der Waals surface area contributed by atoms with Crippen molar-refractivity contribution in [2.24, 2.45) is 0 Å². The number of ether oxygens (including phenoxy) is 1. The minimum absolute atomic E-state index is 0.0155. The second-order valence-corrected chi connectivity index (χ2v) is 5.05. The molecule has 1 atom stereocenters. The Balaban J connectivity index is 2.36. The maximum Gasteiger partial charge on any atom is 0.134 e. The number of hydrogen-bond acceptors (Lipinski definition) is 2. The summed E-state index contributed by atoms with van der Waals surface area (Å²) in [4.78, 5) is 0. The van der Waals surface area contributed by atoms with Crippen LogP contribution in [-0.4, -0.2) is 14.2 Å². The van der Waals surface area contributed by atoms with Gasteiger partial charge in [0, 0.05) is 28.8 Å². The molecule has 1 unspecified atom stereocenters. The lowest BCUT2D eigenvalue weighted by Crippen LogP contribution is -2.21. The Kier molecular flexibility index (Phi) is 5.15. The van der Waals surface area contributed by atoms with Gasteiger partial charge in [-0.2, -0.15) is 0 Å². The van der Waals surface area contributed by atoms with Gasteiger partial charge in [0.05, 0.1) is 7.11 Å². The predicted molar refractivity (Wildman–Crippen MR) is 79.9 cm³/mol. The second-order valence-electron chi connectivity index (χ2n) is 4.64. The van der Waals surface area contributed by atoms with Crippen LogP contribution in [0.15, 0.2) is 36.4 Å². The maximum absolute atomic E-state index is 14.1. The summed E-state index contributed by atoms with van der Waals surface area (Å²) in [6, 6.07) is 9.08. The van der Waals surface area contributed by atoms with Crippen molar-refractivity contribution >= 4 is 11.6 Å². The summed E-state index contributed by atoms with van der Waals surface area (Å²) in [6.07, 6.45) is 0.385. The second kappa shape index (κ2) is 6.87. The van der Waals surface area contributed by atoms with Gasteiger partial charge in [-0.1, -0.05) is 29.8 Å². The molecule has 0 spiro atoms. The van der Waals surface area contributed by atoms with Crippen molar-refractivity contribution in [1.29, 1.82) is 0 Å². The molecule has 2 aromatic rings. The van der Waals surface area contributed by atoms with Gasteiger partial charge in [0.25, 0.3) is 0 Å². The zero-order valence-corrected chi connectivity index (χ0v) is 12.5. The predicted octanol–water partition coefficient (Wildman–Crippen LogP) is 4.13. The van der Waals surface area contributed by atoms with Crippen LogP contribution in [-0.2, 0) is 6.42 Å². The third-order valence-electron chi connectivity index (χ3n) is 3.37. The molecule has 0 saturated heterocycles. The van der Waals surface area contributed by atoms with Gasteiger partial charge in [-0.05, 0) is 25.1 Å². The van der Waals surface area contributed by atoms with E-state index in [1.54, 1.807) is 13.1 Å². The van der Waals surface area contributed by atoms with Gasteiger partial charge in [0.15, 0.2) is 0 Å². The van der Waals surface area contributed by atoms with Crippen LogP contribution in [0.5, 0.6) is 5.75 Å². The number of rotatable bonds is 5. The van der Waals surface area contributed by atoms with Gasteiger partial charge in [-0.25, -0.2) is 8.78 Å². The summed E-state index contributed by atoms with van der Waals surface area (Å²) in [6.45, 7) is 0. The lowest BCUT2D eigenvalue weighted by Gasteiger charge is -2.19. The molecule has 0 radical (unpaired) electrons. The van der Waals surface area contributed by atoms with Gasteiger partial charge in [0.1, 0.15) is 17.4 Å². The van der Waals surface area contributed by atoms with Crippen molar-refractivity contribution in [1.82, 2.24) is 5.32 Å². The highest BCUT2D eigenvalue weighted by Crippen LogP contribution is 2.29. The molecule has 2 aromatic carbocycles. The van der Waals surface area contributed by atoms with E-state index in [2.05, 4.69) is 5.32 Å². The molecular formula is C16H16ClF2NO. The van der Waals surface area contributed by atoms with Crippen molar-refractivity contribution < 1.29 is 13.5 Å². The summed E-state index contributed by atoms with van der Waals surface area (Å²) in [7, 11) is 3.03. The number of nitrogens with one attached hydrogen (secondary N) is 1. The standard InChI is InChI=1S/C16H16ClF2NO/c1-20-15(7-10-5-3-4-6-12(10)17)16-13(18)8-11(21-2)9-14(16)19/h3-6,8-9,15,20H,7H2,1-2H3. The molecule has 1 N–H and O–H groups in total. The highest BCUT2D eigenvalue weighted by atomic mass is 35.5. The molecule has 0 saturated carbocycles. The average molecular weight is 312 g/mol. The van der Waals surface area contributed by atoms with E-state index in [4.69, 9.17) is 16.3 Å². The zero-order chi connectivity index (χ0) is 15.4. The molecule has 0 aromatic heterocycles. The molecule has 0 bridgehead atoms. The van der Waals surface area contributed by atoms with Crippen LogP contribution >= 0.6 is 11.6 Å². The van der Waals surface area contributed by atoms with E-state index < -0.39 is 17.7 Å². The van der Waals surface area contributed by atoms with Crippen LogP contribution in [0.25, 0.3) is 0 Å². The third kappa shape index (κ3) is 3.52. The lowest BCUT2D eigenvalue weighted by molar-refractivity contribution is 0.401. The van der Waals surface area contributed by atoms with Crippen LogP contribution in [0.4, 0.5) is 8.78 Å².